The van der Waals surface area contributed by atoms with Gasteiger partial charge in [-0.2, -0.15) is 0 Å². The molecule has 1 aromatic heterocycles. The Bertz CT molecular complexity index is 367. The van der Waals surface area contributed by atoms with Crippen LogP contribution in [0.15, 0.2) is 18.3 Å². The second-order valence-electron chi connectivity index (χ2n) is 4.88. The van der Waals surface area contributed by atoms with Gasteiger partial charge in [0, 0.05) is 31.8 Å². The number of aliphatic hydroxyl groups is 1. The number of pyridine rings is 1. The molecule has 1 aliphatic rings. The Balaban J connectivity index is 2.03. The SMILES string of the molecule is CCc1ccc(N2CCC(O)C(COC)C2)cn1. The topological polar surface area (TPSA) is 45.6 Å². The first-order chi connectivity index (χ1) is 8.74. The Hall–Kier alpha value is -1.13. The Morgan fingerprint density at radius 2 is 2.33 bits per heavy atom. The fourth-order valence-corrected chi connectivity index (χ4v) is 2.45. The quantitative estimate of drug-likeness (QED) is 0.879. The largest absolute Gasteiger partial charge is 0.393 e. The van der Waals surface area contributed by atoms with Crippen LogP contribution in [0.5, 0.6) is 0 Å². The first kappa shape index (κ1) is 13.3. The van der Waals surface area contributed by atoms with Crippen LogP contribution in [0.25, 0.3) is 0 Å². The minimum Gasteiger partial charge on any atom is -0.393 e. The van der Waals surface area contributed by atoms with Gasteiger partial charge in [0.15, 0.2) is 0 Å². The standard InChI is InChI=1S/C14H22N2O2/c1-3-12-4-5-13(8-15-12)16-7-6-14(17)11(9-16)10-18-2/h4-5,8,11,14,17H,3,6-7,9-10H2,1-2H3. The summed E-state index contributed by atoms with van der Waals surface area (Å²) in [4.78, 5) is 6.71. The van der Waals surface area contributed by atoms with Crippen molar-refractivity contribution in [1.82, 2.24) is 4.98 Å². The molecule has 1 N–H and O–H groups in total. The second kappa shape index (κ2) is 6.16. The van der Waals surface area contributed by atoms with Crippen LogP contribution in [0.4, 0.5) is 5.69 Å². The van der Waals surface area contributed by atoms with Crippen molar-refractivity contribution >= 4 is 5.69 Å². The number of piperidine rings is 1. The Morgan fingerprint density at radius 3 is 2.94 bits per heavy atom. The molecule has 0 saturated carbocycles. The van der Waals surface area contributed by atoms with Gasteiger partial charge in [-0.15, -0.1) is 0 Å². The molecule has 1 fully saturated rings. The molecular weight excluding hydrogens is 228 g/mol. The van der Waals surface area contributed by atoms with Gasteiger partial charge in [0.25, 0.3) is 0 Å². The highest BCUT2D eigenvalue weighted by atomic mass is 16.5. The molecule has 100 valence electrons. The molecule has 18 heavy (non-hydrogen) atoms. The minimum absolute atomic E-state index is 0.189. The molecule has 4 heteroatoms. The van der Waals surface area contributed by atoms with E-state index in [-0.39, 0.29) is 12.0 Å². The van der Waals surface area contributed by atoms with Crippen molar-refractivity contribution in [3.63, 3.8) is 0 Å². The third-order valence-electron chi connectivity index (χ3n) is 3.61. The lowest BCUT2D eigenvalue weighted by molar-refractivity contribution is 0.0359. The Labute approximate surface area is 109 Å². The van der Waals surface area contributed by atoms with Crippen molar-refractivity contribution in [3.05, 3.63) is 24.0 Å². The number of hydrogen-bond acceptors (Lipinski definition) is 4. The number of nitrogens with zero attached hydrogens (tertiary/aromatic N) is 2. The molecule has 0 radical (unpaired) electrons. The summed E-state index contributed by atoms with van der Waals surface area (Å²) in [6, 6.07) is 4.19. The number of rotatable bonds is 4. The summed E-state index contributed by atoms with van der Waals surface area (Å²) in [6.45, 7) is 4.43. The summed E-state index contributed by atoms with van der Waals surface area (Å²) < 4.78 is 5.17. The number of aryl methyl sites for hydroxylation is 1. The van der Waals surface area contributed by atoms with E-state index in [4.69, 9.17) is 4.74 Å². The highest BCUT2D eigenvalue weighted by Gasteiger charge is 2.27. The summed E-state index contributed by atoms with van der Waals surface area (Å²) in [7, 11) is 1.68. The fourth-order valence-electron chi connectivity index (χ4n) is 2.45. The number of methoxy groups -OCH3 is 1. The minimum atomic E-state index is -0.246. The van der Waals surface area contributed by atoms with E-state index in [1.807, 2.05) is 6.20 Å². The highest BCUT2D eigenvalue weighted by Crippen LogP contribution is 2.23. The maximum Gasteiger partial charge on any atom is 0.0624 e. The molecule has 0 aromatic carbocycles. The lowest BCUT2D eigenvalue weighted by atomic mass is 9.95. The zero-order valence-electron chi connectivity index (χ0n) is 11.2. The summed E-state index contributed by atoms with van der Waals surface area (Å²) in [5, 5.41) is 9.92. The first-order valence-electron chi connectivity index (χ1n) is 6.61. The molecule has 2 unspecified atom stereocenters. The molecule has 0 bridgehead atoms. The van der Waals surface area contributed by atoms with Crippen molar-refractivity contribution in [1.29, 1.82) is 0 Å². The van der Waals surface area contributed by atoms with Gasteiger partial charge in [-0.1, -0.05) is 6.92 Å². The third-order valence-corrected chi connectivity index (χ3v) is 3.61. The van der Waals surface area contributed by atoms with Crippen molar-refractivity contribution < 1.29 is 9.84 Å². The maximum atomic E-state index is 9.92. The van der Waals surface area contributed by atoms with Gasteiger partial charge in [-0.25, -0.2) is 0 Å². The average molecular weight is 250 g/mol. The zero-order chi connectivity index (χ0) is 13.0. The van der Waals surface area contributed by atoms with Crippen molar-refractivity contribution in [2.75, 3.05) is 31.7 Å². The normalized spacial score (nSPS) is 24.3. The van der Waals surface area contributed by atoms with E-state index in [1.165, 1.54) is 0 Å². The Kier molecular flexibility index (Phi) is 4.55. The molecule has 0 aliphatic carbocycles. The molecule has 4 nitrogen and oxygen atoms in total. The van der Waals surface area contributed by atoms with Crippen LogP contribution >= 0.6 is 0 Å². The number of anilines is 1. The smallest absolute Gasteiger partial charge is 0.0624 e. The molecule has 1 saturated heterocycles. The van der Waals surface area contributed by atoms with Crippen molar-refractivity contribution in [2.24, 2.45) is 5.92 Å². The van der Waals surface area contributed by atoms with E-state index < -0.39 is 0 Å². The zero-order valence-corrected chi connectivity index (χ0v) is 11.2. The summed E-state index contributed by atoms with van der Waals surface area (Å²) >= 11 is 0. The molecule has 0 amide bonds. The molecule has 0 spiro atoms. The van der Waals surface area contributed by atoms with Crippen LogP contribution in [-0.2, 0) is 11.2 Å². The molecule has 2 heterocycles. The van der Waals surface area contributed by atoms with Crippen LogP contribution in [-0.4, -0.2) is 43.0 Å². The van der Waals surface area contributed by atoms with Crippen LogP contribution in [0.3, 0.4) is 0 Å². The molecule has 1 aromatic rings. The lowest BCUT2D eigenvalue weighted by Crippen LogP contribution is -2.45. The van der Waals surface area contributed by atoms with Gasteiger partial charge in [-0.3, -0.25) is 4.98 Å². The van der Waals surface area contributed by atoms with Gasteiger partial charge in [0.1, 0.15) is 0 Å². The lowest BCUT2D eigenvalue weighted by Gasteiger charge is -2.37. The number of ether oxygens (including phenoxy) is 1. The Morgan fingerprint density at radius 1 is 1.50 bits per heavy atom. The van der Waals surface area contributed by atoms with E-state index >= 15 is 0 Å². The van der Waals surface area contributed by atoms with Gasteiger partial charge >= 0.3 is 0 Å². The van der Waals surface area contributed by atoms with Gasteiger partial charge < -0.3 is 14.7 Å². The van der Waals surface area contributed by atoms with E-state index in [1.54, 1.807) is 7.11 Å². The van der Waals surface area contributed by atoms with E-state index in [0.29, 0.717) is 6.61 Å². The monoisotopic (exact) mass is 250 g/mol. The van der Waals surface area contributed by atoms with Crippen LogP contribution in [0.2, 0.25) is 0 Å². The van der Waals surface area contributed by atoms with Crippen LogP contribution < -0.4 is 4.90 Å². The summed E-state index contributed by atoms with van der Waals surface area (Å²) in [5.74, 6) is 0.189. The molecule has 2 atom stereocenters. The second-order valence-corrected chi connectivity index (χ2v) is 4.88. The number of aromatic nitrogens is 1. The van der Waals surface area contributed by atoms with Crippen molar-refractivity contribution in [3.8, 4) is 0 Å². The van der Waals surface area contributed by atoms with Gasteiger partial charge in [0.05, 0.1) is 24.6 Å². The number of hydrogen-bond donors (Lipinski definition) is 1. The van der Waals surface area contributed by atoms with Crippen LogP contribution in [0.1, 0.15) is 19.0 Å². The van der Waals surface area contributed by atoms with Crippen LogP contribution in [0, 0.1) is 5.92 Å². The van der Waals surface area contributed by atoms with Crippen molar-refractivity contribution in [2.45, 2.75) is 25.9 Å². The first-order valence-corrected chi connectivity index (χ1v) is 6.61. The summed E-state index contributed by atoms with van der Waals surface area (Å²) in [5.41, 5.74) is 2.25. The predicted molar refractivity (Wildman–Crippen MR) is 71.8 cm³/mol. The predicted octanol–water partition coefficient (Wildman–Crippen LogP) is 1.48. The van der Waals surface area contributed by atoms with E-state index in [0.717, 1.165) is 37.3 Å². The molecule has 1 aliphatic heterocycles. The van der Waals surface area contributed by atoms with E-state index in [2.05, 4.69) is 28.9 Å². The van der Waals surface area contributed by atoms with Gasteiger partial charge in [-0.05, 0) is 25.0 Å². The highest BCUT2D eigenvalue weighted by molar-refractivity contribution is 5.45. The number of aliphatic hydroxyl groups excluding tert-OH is 1. The van der Waals surface area contributed by atoms with Gasteiger partial charge in [0.2, 0.25) is 0 Å². The van der Waals surface area contributed by atoms with E-state index in [9.17, 15) is 5.11 Å². The third kappa shape index (κ3) is 3.00. The molecular formula is C14H22N2O2. The average Bonchev–Trinajstić information content (AvgIpc) is 2.42. The fraction of sp³-hybridized carbons (Fsp3) is 0.643. The molecule has 2 rings (SSSR count). The summed E-state index contributed by atoms with van der Waals surface area (Å²) in [6.07, 6.45) is 3.44. The maximum absolute atomic E-state index is 9.92.